The zero-order valence-corrected chi connectivity index (χ0v) is 18.7. The summed E-state index contributed by atoms with van der Waals surface area (Å²) in [5.41, 5.74) is 0.567. The van der Waals surface area contributed by atoms with Crippen LogP contribution in [0.1, 0.15) is 17.0 Å². The van der Waals surface area contributed by atoms with Gasteiger partial charge < -0.3 is 19.4 Å². The first-order valence-corrected chi connectivity index (χ1v) is 11.0. The van der Waals surface area contributed by atoms with Crippen LogP contribution in [0.4, 0.5) is 4.39 Å². The third kappa shape index (κ3) is 4.54. The first kappa shape index (κ1) is 22.4. The van der Waals surface area contributed by atoms with E-state index in [2.05, 4.69) is 0 Å². The van der Waals surface area contributed by atoms with Crippen molar-refractivity contribution in [1.82, 2.24) is 14.7 Å². The number of rotatable bonds is 6. The van der Waals surface area contributed by atoms with Gasteiger partial charge in [0.1, 0.15) is 5.82 Å². The Kier molecular flexibility index (Phi) is 6.58. The molecule has 4 rings (SSSR count). The van der Waals surface area contributed by atoms with Crippen molar-refractivity contribution >= 4 is 11.8 Å². The van der Waals surface area contributed by atoms with Crippen LogP contribution >= 0.6 is 0 Å². The molecule has 2 aromatic rings. The van der Waals surface area contributed by atoms with Crippen LogP contribution in [-0.2, 0) is 20.7 Å². The molecule has 0 aromatic heterocycles. The molecule has 0 N–H and O–H groups in total. The Labute approximate surface area is 188 Å². The number of benzene rings is 2. The molecule has 0 bridgehead atoms. The summed E-state index contributed by atoms with van der Waals surface area (Å²) >= 11 is 0. The second kappa shape index (κ2) is 9.38. The summed E-state index contributed by atoms with van der Waals surface area (Å²) in [4.78, 5) is 32.3. The van der Waals surface area contributed by atoms with Crippen LogP contribution in [0, 0.1) is 5.82 Å². The highest BCUT2D eigenvalue weighted by Gasteiger charge is 2.58. The van der Waals surface area contributed by atoms with Gasteiger partial charge in [0.25, 0.3) is 5.91 Å². The van der Waals surface area contributed by atoms with Gasteiger partial charge in [-0.1, -0.05) is 42.5 Å². The van der Waals surface area contributed by atoms with Gasteiger partial charge >= 0.3 is 0 Å². The predicted molar refractivity (Wildman–Crippen MR) is 120 cm³/mol. The SMILES string of the molecule is CN(C)CCN1CC(c2ccccc2)C2(CN(C(=O)Cc3cccc(F)c3)CCO2)C1=O. The number of halogens is 1. The Bertz CT molecular complexity index is 968. The maximum atomic E-state index is 13.6. The van der Waals surface area contributed by atoms with Gasteiger partial charge in [-0.3, -0.25) is 9.59 Å². The van der Waals surface area contributed by atoms with Crippen LogP contribution < -0.4 is 0 Å². The highest BCUT2D eigenvalue weighted by atomic mass is 19.1. The zero-order chi connectivity index (χ0) is 22.7. The lowest BCUT2D eigenvalue weighted by atomic mass is 9.83. The van der Waals surface area contributed by atoms with Crippen molar-refractivity contribution in [2.24, 2.45) is 0 Å². The normalized spacial score (nSPS) is 23.4. The average molecular weight is 440 g/mol. The van der Waals surface area contributed by atoms with Crippen LogP contribution in [-0.4, -0.2) is 85.5 Å². The molecule has 2 aliphatic heterocycles. The van der Waals surface area contributed by atoms with E-state index in [9.17, 15) is 14.0 Å². The van der Waals surface area contributed by atoms with Crippen molar-refractivity contribution in [3.8, 4) is 0 Å². The van der Waals surface area contributed by atoms with Crippen LogP contribution in [0.5, 0.6) is 0 Å². The Morgan fingerprint density at radius 1 is 1.19 bits per heavy atom. The van der Waals surface area contributed by atoms with Crippen molar-refractivity contribution in [3.63, 3.8) is 0 Å². The second-order valence-corrected chi connectivity index (χ2v) is 8.88. The van der Waals surface area contributed by atoms with Gasteiger partial charge in [0, 0.05) is 32.1 Å². The Morgan fingerprint density at radius 3 is 2.69 bits per heavy atom. The Hall–Kier alpha value is -2.77. The zero-order valence-electron chi connectivity index (χ0n) is 18.7. The molecule has 2 aromatic carbocycles. The molecule has 0 aliphatic carbocycles. The molecule has 2 heterocycles. The van der Waals surface area contributed by atoms with E-state index in [1.54, 1.807) is 17.0 Å². The number of likely N-dealkylation sites (N-methyl/N-ethyl adjacent to an activating group) is 1. The van der Waals surface area contributed by atoms with Crippen molar-refractivity contribution in [3.05, 3.63) is 71.5 Å². The van der Waals surface area contributed by atoms with E-state index in [0.717, 1.165) is 12.1 Å². The summed E-state index contributed by atoms with van der Waals surface area (Å²) in [6.45, 7) is 2.84. The van der Waals surface area contributed by atoms with E-state index in [4.69, 9.17) is 4.74 Å². The van der Waals surface area contributed by atoms with Gasteiger partial charge in [-0.2, -0.15) is 0 Å². The summed E-state index contributed by atoms with van der Waals surface area (Å²) in [7, 11) is 3.96. The molecule has 2 fully saturated rings. The maximum Gasteiger partial charge on any atom is 0.257 e. The van der Waals surface area contributed by atoms with E-state index < -0.39 is 5.60 Å². The molecule has 1 spiro atoms. The third-order valence-corrected chi connectivity index (χ3v) is 6.38. The van der Waals surface area contributed by atoms with Gasteiger partial charge in [-0.15, -0.1) is 0 Å². The topological polar surface area (TPSA) is 53.1 Å². The largest absolute Gasteiger partial charge is 0.361 e. The summed E-state index contributed by atoms with van der Waals surface area (Å²) in [6, 6.07) is 16.0. The first-order valence-electron chi connectivity index (χ1n) is 11.0. The maximum absolute atomic E-state index is 13.6. The fourth-order valence-electron chi connectivity index (χ4n) is 4.67. The molecule has 2 atom stereocenters. The van der Waals surface area contributed by atoms with E-state index in [-0.39, 0.29) is 36.5 Å². The number of ether oxygens (including phenoxy) is 1. The molecule has 7 heteroatoms. The van der Waals surface area contributed by atoms with Gasteiger partial charge in [0.2, 0.25) is 5.91 Å². The molecular weight excluding hydrogens is 409 g/mol. The first-order chi connectivity index (χ1) is 15.4. The molecule has 2 saturated heterocycles. The number of likely N-dealkylation sites (tertiary alicyclic amines) is 1. The quantitative estimate of drug-likeness (QED) is 0.692. The summed E-state index contributed by atoms with van der Waals surface area (Å²) in [5.74, 6) is -0.704. The van der Waals surface area contributed by atoms with Gasteiger partial charge in [-0.05, 0) is 37.4 Å². The number of nitrogens with zero attached hydrogens (tertiary/aromatic N) is 3. The summed E-state index contributed by atoms with van der Waals surface area (Å²) in [6.07, 6.45) is 0.0996. The minimum atomic E-state index is -1.09. The second-order valence-electron chi connectivity index (χ2n) is 8.88. The van der Waals surface area contributed by atoms with E-state index in [1.165, 1.54) is 12.1 Å². The highest BCUT2D eigenvalue weighted by molar-refractivity contribution is 5.91. The molecule has 2 aliphatic rings. The lowest BCUT2D eigenvalue weighted by Gasteiger charge is -2.42. The van der Waals surface area contributed by atoms with Crippen molar-refractivity contribution < 1.29 is 18.7 Å². The minimum absolute atomic E-state index is 0.0588. The van der Waals surface area contributed by atoms with Crippen LogP contribution in [0.2, 0.25) is 0 Å². The minimum Gasteiger partial charge on any atom is -0.361 e. The van der Waals surface area contributed by atoms with E-state index >= 15 is 0 Å². The number of hydrogen-bond acceptors (Lipinski definition) is 4. The number of carbonyl (C=O) groups excluding carboxylic acids is 2. The van der Waals surface area contributed by atoms with Crippen LogP contribution in [0.25, 0.3) is 0 Å². The third-order valence-electron chi connectivity index (χ3n) is 6.38. The molecule has 0 saturated carbocycles. The number of carbonyl (C=O) groups is 2. The average Bonchev–Trinajstić information content (AvgIpc) is 3.04. The monoisotopic (exact) mass is 439 g/mol. The van der Waals surface area contributed by atoms with Gasteiger partial charge in [0.15, 0.2) is 5.60 Å². The fourth-order valence-corrected chi connectivity index (χ4v) is 4.67. The van der Waals surface area contributed by atoms with Crippen molar-refractivity contribution in [2.75, 3.05) is 53.4 Å². The molecule has 2 unspecified atom stereocenters. The molecule has 170 valence electrons. The highest BCUT2D eigenvalue weighted by Crippen LogP contribution is 2.42. The van der Waals surface area contributed by atoms with Crippen molar-refractivity contribution in [1.29, 1.82) is 0 Å². The lowest BCUT2D eigenvalue weighted by molar-refractivity contribution is -0.167. The summed E-state index contributed by atoms with van der Waals surface area (Å²) < 4.78 is 19.8. The number of morpholine rings is 1. The molecule has 6 nitrogen and oxygen atoms in total. The predicted octanol–water partition coefficient (Wildman–Crippen LogP) is 2.15. The molecule has 0 radical (unpaired) electrons. The molecule has 32 heavy (non-hydrogen) atoms. The Morgan fingerprint density at radius 2 is 1.97 bits per heavy atom. The summed E-state index contributed by atoms with van der Waals surface area (Å²) in [5, 5.41) is 0. The Balaban J connectivity index is 1.58. The van der Waals surface area contributed by atoms with Crippen LogP contribution in [0.3, 0.4) is 0 Å². The van der Waals surface area contributed by atoms with Crippen molar-refractivity contribution in [2.45, 2.75) is 17.9 Å². The number of hydrogen-bond donors (Lipinski definition) is 0. The molecule has 2 amide bonds. The van der Waals surface area contributed by atoms with Crippen LogP contribution in [0.15, 0.2) is 54.6 Å². The van der Waals surface area contributed by atoms with E-state index in [0.29, 0.717) is 31.8 Å². The van der Waals surface area contributed by atoms with Gasteiger partial charge in [0.05, 0.1) is 19.6 Å². The number of amides is 2. The van der Waals surface area contributed by atoms with Gasteiger partial charge in [-0.25, -0.2) is 4.39 Å². The fraction of sp³-hybridized carbons (Fsp3) is 0.440. The molecular formula is C25H30FN3O3. The van der Waals surface area contributed by atoms with E-state index in [1.807, 2.05) is 54.2 Å². The lowest BCUT2D eigenvalue weighted by Crippen LogP contribution is -2.59. The smallest absolute Gasteiger partial charge is 0.257 e. The standard InChI is InChI=1S/C25H30FN3O3/c1-27(2)11-12-28-17-22(20-8-4-3-5-9-20)25(24(28)31)18-29(13-14-32-25)23(30)16-19-7-6-10-21(26)15-19/h3-10,15,22H,11-14,16-18H2,1-2H3.